The fourth-order valence-corrected chi connectivity index (χ4v) is 2.51. The van der Waals surface area contributed by atoms with Gasteiger partial charge in [-0.15, -0.1) is 11.8 Å². The fourth-order valence-electron chi connectivity index (χ4n) is 1.74. The van der Waals surface area contributed by atoms with Crippen molar-refractivity contribution in [3.63, 3.8) is 0 Å². The van der Waals surface area contributed by atoms with Crippen LogP contribution in [0.4, 0.5) is 13.2 Å². The molecule has 1 aromatic carbocycles. The molecule has 0 spiro atoms. The van der Waals surface area contributed by atoms with Gasteiger partial charge in [-0.05, 0) is 30.3 Å². The monoisotopic (exact) mass is 340 g/mol. The van der Waals surface area contributed by atoms with Crippen molar-refractivity contribution in [1.82, 2.24) is 5.32 Å². The molecule has 1 N–H and O–H groups in total. The summed E-state index contributed by atoms with van der Waals surface area (Å²) in [5.41, 5.74) is -1.44. The van der Waals surface area contributed by atoms with Crippen molar-refractivity contribution >= 4 is 17.7 Å². The molecule has 23 heavy (non-hydrogen) atoms. The third kappa shape index (κ3) is 4.79. The third-order valence-corrected chi connectivity index (χ3v) is 3.82. The van der Waals surface area contributed by atoms with Gasteiger partial charge in [0.2, 0.25) is 5.91 Å². The van der Waals surface area contributed by atoms with Crippen LogP contribution >= 0.6 is 11.8 Å². The molecule has 0 saturated carbocycles. The lowest BCUT2D eigenvalue weighted by Crippen LogP contribution is -2.24. The van der Waals surface area contributed by atoms with Gasteiger partial charge in [0.05, 0.1) is 35.8 Å². The Morgan fingerprint density at radius 2 is 2.13 bits per heavy atom. The highest BCUT2D eigenvalue weighted by molar-refractivity contribution is 8.00. The van der Waals surface area contributed by atoms with Crippen molar-refractivity contribution in [2.75, 3.05) is 5.75 Å². The largest absolute Gasteiger partial charge is 0.467 e. The van der Waals surface area contributed by atoms with Gasteiger partial charge in [-0.25, -0.2) is 0 Å². The summed E-state index contributed by atoms with van der Waals surface area (Å²) < 4.78 is 43.6. The predicted molar refractivity (Wildman–Crippen MR) is 77.4 cm³/mol. The van der Waals surface area contributed by atoms with Crippen LogP contribution in [0, 0.1) is 11.3 Å². The first-order chi connectivity index (χ1) is 10.9. The van der Waals surface area contributed by atoms with Gasteiger partial charge in [0.1, 0.15) is 5.76 Å². The van der Waals surface area contributed by atoms with Crippen LogP contribution < -0.4 is 5.32 Å². The van der Waals surface area contributed by atoms with Gasteiger partial charge in [-0.3, -0.25) is 4.79 Å². The number of rotatable bonds is 5. The number of carbonyl (C=O) groups is 1. The number of nitrogens with zero attached hydrogens (tertiary/aromatic N) is 1. The van der Waals surface area contributed by atoms with Gasteiger partial charge in [-0.1, -0.05) is 0 Å². The molecule has 0 aliphatic heterocycles. The zero-order chi connectivity index (χ0) is 16.9. The average molecular weight is 340 g/mol. The number of furan rings is 1. The molecular formula is C15H11F3N2O2S. The van der Waals surface area contributed by atoms with Gasteiger partial charge in [0.25, 0.3) is 0 Å². The Kier molecular flexibility index (Phi) is 5.34. The number of nitrogens with one attached hydrogen (secondary N) is 1. The number of nitriles is 1. The van der Waals surface area contributed by atoms with Crippen molar-refractivity contribution < 1.29 is 22.4 Å². The molecular weight excluding hydrogens is 329 g/mol. The van der Waals surface area contributed by atoms with Crippen LogP contribution in [0.3, 0.4) is 0 Å². The van der Waals surface area contributed by atoms with Crippen LogP contribution in [0.25, 0.3) is 0 Å². The van der Waals surface area contributed by atoms with E-state index in [0.29, 0.717) is 5.76 Å². The SMILES string of the molecule is N#Cc1ccc(SCC(=O)NCc2ccco2)cc1C(F)(F)F. The van der Waals surface area contributed by atoms with E-state index in [1.165, 1.54) is 18.4 Å². The summed E-state index contributed by atoms with van der Waals surface area (Å²) in [6.45, 7) is 0.216. The maximum Gasteiger partial charge on any atom is 0.417 e. The molecule has 0 atom stereocenters. The molecule has 0 bridgehead atoms. The third-order valence-electron chi connectivity index (χ3n) is 2.83. The predicted octanol–water partition coefficient (Wildman–Crippen LogP) is 3.58. The molecule has 1 amide bonds. The standard InChI is InChI=1S/C15H11F3N2O2S/c16-15(17,18)13-6-12(4-3-10(13)7-19)23-9-14(21)20-8-11-2-1-5-22-11/h1-6H,8-9H2,(H,20,21). The number of hydrogen-bond donors (Lipinski definition) is 1. The van der Waals surface area contributed by atoms with Crippen LogP contribution in [0.1, 0.15) is 16.9 Å². The highest BCUT2D eigenvalue weighted by Gasteiger charge is 2.33. The lowest BCUT2D eigenvalue weighted by atomic mass is 10.1. The number of halogens is 3. The highest BCUT2D eigenvalue weighted by atomic mass is 32.2. The minimum Gasteiger partial charge on any atom is -0.467 e. The number of carbonyl (C=O) groups excluding carboxylic acids is 1. The quantitative estimate of drug-likeness (QED) is 0.845. The molecule has 0 aliphatic rings. The second-order valence-corrected chi connectivity index (χ2v) is 5.51. The normalized spacial score (nSPS) is 11.0. The molecule has 0 saturated heterocycles. The Hall–Kier alpha value is -2.40. The van der Waals surface area contributed by atoms with E-state index >= 15 is 0 Å². The van der Waals surface area contributed by atoms with Crippen LogP contribution in [-0.4, -0.2) is 11.7 Å². The van der Waals surface area contributed by atoms with Crippen LogP contribution in [0.15, 0.2) is 45.9 Å². The first-order valence-corrected chi connectivity index (χ1v) is 7.42. The van der Waals surface area contributed by atoms with Crippen molar-refractivity contribution in [3.05, 3.63) is 53.5 Å². The van der Waals surface area contributed by atoms with Crippen LogP contribution in [0.2, 0.25) is 0 Å². The lowest BCUT2D eigenvalue weighted by Gasteiger charge is -2.10. The molecule has 4 nitrogen and oxygen atoms in total. The Morgan fingerprint density at radius 3 is 2.74 bits per heavy atom. The van der Waals surface area contributed by atoms with E-state index in [1.807, 2.05) is 0 Å². The molecule has 0 unspecified atom stereocenters. The van der Waals surface area contributed by atoms with Gasteiger partial charge < -0.3 is 9.73 Å². The first kappa shape index (κ1) is 17.0. The zero-order valence-electron chi connectivity index (χ0n) is 11.7. The number of alkyl halides is 3. The minimum atomic E-state index is -4.61. The summed E-state index contributed by atoms with van der Waals surface area (Å²) >= 11 is 0.963. The molecule has 2 aromatic rings. The summed E-state index contributed by atoms with van der Waals surface area (Å²) in [4.78, 5) is 11.9. The zero-order valence-corrected chi connectivity index (χ0v) is 12.5. The molecule has 120 valence electrons. The molecule has 8 heteroatoms. The topological polar surface area (TPSA) is 66.0 Å². The Balaban J connectivity index is 1.95. The number of hydrogen-bond acceptors (Lipinski definition) is 4. The van der Waals surface area contributed by atoms with E-state index in [0.717, 1.165) is 23.9 Å². The fraction of sp³-hybridized carbons (Fsp3) is 0.200. The maximum absolute atomic E-state index is 12.8. The average Bonchev–Trinajstić information content (AvgIpc) is 3.03. The van der Waals surface area contributed by atoms with Crippen LogP contribution in [0.5, 0.6) is 0 Å². The van der Waals surface area contributed by atoms with E-state index < -0.39 is 17.3 Å². The molecule has 0 aliphatic carbocycles. The molecule has 2 rings (SSSR count). The Labute approximate surface area is 134 Å². The van der Waals surface area contributed by atoms with Gasteiger partial charge in [0, 0.05) is 4.90 Å². The van der Waals surface area contributed by atoms with Crippen LogP contribution in [-0.2, 0) is 17.5 Å². The van der Waals surface area contributed by atoms with Gasteiger partial charge in [0.15, 0.2) is 0 Å². The molecule has 0 fully saturated rings. The van der Waals surface area contributed by atoms with E-state index in [4.69, 9.17) is 9.68 Å². The second-order valence-electron chi connectivity index (χ2n) is 4.46. The summed E-state index contributed by atoms with van der Waals surface area (Å²) in [6.07, 6.45) is -3.13. The van der Waals surface area contributed by atoms with Crippen molar-refractivity contribution in [2.24, 2.45) is 0 Å². The summed E-state index contributed by atoms with van der Waals surface area (Å²) in [5, 5.41) is 11.3. The van der Waals surface area contributed by atoms with Gasteiger partial charge >= 0.3 is 6.18 Å². The van der Waals surface area contributed by atoms with Crippen molar-refractivity contribution in [2.45, 2.75) is 17.6 Å². The number of benzene rings is 1. The number of thioether (sulfide) groups is 1. The maximum atomic E-state index is 12.8. The van der Waals surface area contributed by atoms with E-state index in [1.54, 1.807) is 12.1 Å². The van der Waals surface area contributed by atoms with E-state index in [2.05, 4.69) is 5.32 Å². The highest BCUT2D eigenvalue weighted by Crippen LogP contribution is 2.34. The summed E-state index contributed by atoms with van der Waals surface area (Å²) in [7, 11) is 0. The number of amides is 1. The van der Waals surface area contributed by atoms with E-state index in [9.17, 15) is 18.0 Å². The first-order valence-electron chi connectivity index (χ1n) is 6.43. The molecule has 1 aromatic heterocycles. The van der Waals surface area contributed by atoms with E-state index in [-0.39, 0.29) is 23.1 Å². The smallest absolute Gasteiger partial charge is 0.417 e. The Bertz CT molecular complexity index is 721. The lowest BCUT2D eigenvalue weighted by molar-refractivity contribution is -0.137. The van der Waals surface area contributed by atoms with Gasteiger partial charge in [-0.2, -0.15) is 18.4 Å². The molecule has 1 heterocycles. The minimum absolute atomic E-state index is 0.0378. The van der Waals surface area contributed by atoms with Crippen molar-refractivity contribution in [1.29, 1.82) is 5.26 Å². The second kappa shape index (κ2) is 7.24. The summed E-state index contributed by atoms with van der Waals surface area (Å²) in [5.74, 6) is 0.217. The Morgan fingerprint density at radius 1 is 1.35 bits per heavy atom. The summed E-state index contributed by atoms with van der Waals surface area (Å²) in [6, 6.07) is 8.26. The van der Waals surface area contributed by atoms with Crippen molar-refractivity contribution in [3.8, 4) is 6.07 Å². The molecule has 0 radical (unpaired) electrons.